The maximum Gasteiger partial charge on any atom is 0.348 e. The van der Waals surface area contributed by atoms with Crippen molar-refractivity contribution in [1.82, 2.24) is 0 Å². The summed E-state index contributed by atoms with van der Waals surface area (Å²) in [6, 6.07) is 12.9. The summed E-state index contributed by atoms with van der Waals surface area (Å²) >= 11 is 7.16. The second kappa shape index (κ2) is 7.61. The van der Waals surface area contributed by atoms with Crippen LogP contribution >= 0.6 is 22.9 Å². The van der Waals surface area contributed by atoms with Crippen molar-refractivity contribution in [2.45, 2.75) is 6.61 Å². The van der Waals surface area contributed by atoms with Gasteiger partial charge in [0.2, 0.25) is 0 Å². The number of benzene rings is 2. The van der Waals surface area contributed by atoms with Crippen LogP contribution in [-0.4, -0.2) is 18.5 Å². The average molecular weight is 418 g/mol. The number of ether oxygens (including phenoxy) is 2. The van der Waals surface area contributed by atoms with Crippen molar-refractivity contribution in [3.8, 4) is 16.2 Å². The van der Waals surface area contributed by atoms with Gasteiger partial charge in [-0.1, -0.05) is 23.7 Å². The minimum Gasteiger partial charge on any atom is -0.488 e. The highest BCUT2D eigenvalue weighted by molar-refractivity contribution is 7.17. The monoisotopic (exact) mass is 417 g/mol. The van der Waals surface area contributed by atoms with E-state index in [9.17, 15) is 14.0 Å². The largest absolute Gasteiger partial charge is 0.488 e. The van der Waals surface area contributed by atoms with Gasteiger partial charge in [-0.2, -0.15) is 0 Å². The van der Waals surface area contributed by atoms with Gasteiger partial charge in [0, 0.05) is 16.0 Å². The summed E-state index contributed by atoms with van der Waals surface area (Å²) in [5.74, 6) is -0.914. The number of para-hydroxylation sites is 1. The summed E-state index contributed by atoms with van der Waals surface area (Å²) in [5, 5.41) is 2.53. The van der Waals surface area contributed by atoms with Crippen molar-refractivity contribution < 1.29 is 23.5 Å². The predicted molar refractivity (Wildman–Crippen MR) is 104 cm³/mol. The lowest BCUT2D eigenvalue weighted by Gasteiger charge is -2.16. The first kappa shape index (κ1) is 18.5. The van der Waals surface area contributed by atoms with E-state index in [1.54, 1.807) is 6.07 Å². The fraction of sp³-hybridized carbons (Fsp3) is 0.100. The highest BCUT2D eigenvalue weighted by Gasteiger charge is 2.23. The highest BCUT2D eigenvalue weighted by Crippen LogP contribution is 2.42. The summed E-state index contributed by atoms with van der Waals surface area (Å²) < 4.78 is 23.8. The third kappa shape index (κ3) is 3.72. The fourth-order valence-corrected chi connectivity index (χ4v) is 4.08. The molecule has 0 saturated carbocycles. The van der Waals surface area contributed by atoms with E-state index in [1.807, 2.05) is 24.3 Å². The van der Waals surface area contributed by atoms with Gasteiger partial charge >= 0.3 is 5.97 Å². The average Bonchev–Trinajstić information content (AvgIpc) is 3.13. The van der Waals surface area contributed by atoms with E-state index in [0.29, 0.717) is 11.5 Å². The highest BCUT2D eigenvalue weighted by atomic mass is 35.5. The Balaban J connectivity index is 1.41. The van der Waals surface area contributed by atoms with Crippen molar-refractivity contribution in [2.75, 3.05) is 11.9 Å². The normalized spacial score (nSPS) is 11.8. The molecule has 0 aliphatic carbocycles. The second-order valence-electron chi connectivity index (χ2n) is 6.00. The molecule has 0 fully saturated rings. The molecule has 1 amide bonds. The maximum atomic E-state index is 13.0. The molecule has 1 aromatic heterocycles. The van der Waals surface area contributed by atoms with Gasteiger partial charge in [0.05, 0.1) is 10.7 Å². The summed E-state index contributed by atoms with van der Waals surface area (Å²) in [4.78, 5) is 25.7. The zero-order chi connectivity index (χ0) is 19.7. The van der Waals surface area contributed by atoms with E-state index in [0.717, 1.165) is 27.8 Å². The van der Waals surface area contributed by atoms with Gasteiger partial charge in [-0.3, -0.25) is 4.79 Å². The van der Waals surface area contributed by atoms with Crippen molar-refractivity contribution in [1.29, 1.82) is 0 Å². The van der Waals surface area contributed by atoms with Crippen LogP contribution in [-0.2, 0) is 16.1 Å². The minimum absolute atomic E-state index is 0.0595. The molecular weight excluding hydrogens is 405 g/mol. The number of fused-ring (bicyclic) bond motifs is 3. The van der Waals surface area contributed by atoms with Gasteiger partial charge in [0.1, 0.15) is 23.1 Å². The molecule has 3 aromatic rings. The maximum absolute atomic E-state index is 13.0. The molecule has 1 aliphatic heterocycles. The number of carbonyl (C=O) groups is 2. The minimum atomic E-state index is -0.600. The molecular formula is C20H13ClFNO4S. The van der Waals surface area contributed by atoms with Crippen molar-refractivity contribution in [2.24, 2.45) is 0 Å². The number of rotatable bonds is 4. The number of hydrogen-bond donors (Lipinski definition) is 1. The Bertz CT molecular complexity index is 1080. The molecule has 28 heavy (non-hydrogen) atoms. The summed E-state index contributed by atoms with van der Waals surface area (Å²) in [6.07, 6.45) is 0. The Hall–Kier alpha value is -2.90. The van der Waals surface area contributed by atoms with E-state index in [2.05, 4.69) is 5.32 Å². The number of hydrogen-bond acceptors (Lipinski definition) is 5. The first-order chi connectivity index (χ1) is 13.5. The van der Waals surface area contributed by atoms with Crippen molar-refractivity contribution in [3.05, 3.63) is 69.8 Å². The van der Waals surface area contributed by atoms with Crippen LogP contribution in [0.15, 0.2) is 48.5 Å². The van der Waals surface area contributed by atoms with Crippen LogP contribution in [0, 0.1) is 5.82 Å². The Morgan fingerprint density at radius 2 is 2.04 bits per heavy atom. The molecule has 8 heteroatoms. The van der Waals surface area contributed by atoms with Gasteiger partial charge < -0.3 is 14.8 Å². The first-order valence-electron chi connectivity index (χ1n) is 8.28. The van der Waals surface area contributed by atoms with Crippen LogP contribution in [0.5, 0.6) is 5.75 Å². The van der Waals surface area contributed by atoms with Crippen LogP contribution in [0.2, 0.25) is 5.02 Å². The number of amides is 1. The van der Waals surface area contributed by atoms with E-state index in [4.69, 9.17) is 21.1 Å². The Morgan fingerprint density at radius 3 is 2.86 bits per heavy atom. The molecule has 0 radical (unpaired) electrons. The molecule has 2 heterocycles. The number of esters is 1. The Kier molecular flexibility index (Phi) is 5.02. The molecule has 142 valence electrons. The molecule has 1 aliphatic rings. The number of anilines is 1. The Labute approximate surface area is 168 Å². The molecule has 0 spiro atoms. The predicted octanol–water partition coefficient (Wildman–Crippen LogP) is 4.90. The Morgan fingerprint density at radius 1 is 1.21 bits per heavy atom. The third-order valence-electron chi connectivity index (χ3n) is 4.06. The number of nitrogens with one attached hydrogen (secondary N) is 1. The molecule has 0 atom stereocenters. The van der Waals surface area contributed by atoms with Crippen LogP contribution in [0.3, 0.4) is 0 Å². The molecule has 2 aromatic carbocycles. The van der Waals surface area contributed by atoms with Gasteiger partial charge in [-0.05, 0) is 36.4 Å². The number of carbonyl (C=O) groups excluding carboxylic acids is 2. The van der Waals surface area contributed by atoms with Gasteiger partial charge in [-0.15, -0.1) is 11.3 Å². The molecule has 4 rings (SSSR count). The van der Waals surface area contributed by atoms with Crippen LogP contribution in [0.25, 0.3) is 10.4 Å². The van der Waals surface area contributed by atoms with Gasteiger partial charge in [0.15, 0.2) is 6.61 Å². The lowest BCUT2D eigenvalue weighted by molar-refractivity contribution is -0.119. The van der Waals surface area contributed by atoms with E-state index < -0.39 is 24.3 Å². The summed E-state index contributed by atoms with van der Waals surface area (Å²) in [6.45, 7) is -0.109. The van der Waals surface area contributed by atoms with Crippen molar-refractivity contribution in [3.63, 3.8) is 0 Å². The van der Waals surface area contributed by atoms with Crippen LogP contribution in [0.4, 0.5) is 10.1 Å². The number of halogens is 2. The molecule has 0 saturated heterocycles. The smallest absolute Gasteiger partial charge is 0.348 e. The van der Waals surface area contributed by atoms with E-state index in [-0.39, 0.29) is 10.7 Å². The fourth-order valence-electron chi connectivity index (χ4n) is 2.78. The van der Waals surface area contributed by atoms with Gasteiger partial charge in [-0.25, -0.2) is 9.18 Å². The molecule has 1 N–H and O–H groups in total. The van der Waals surface area contributed by atoms with Crippen LogP contribution in [0.1, 0.15) is 15.2 Å². The topological polar surface area (TPSA) is 64.6 Å². The zero-order valence-corrected chi connectivity index (χ0v) is 15.9. The molecule has 0 bridgehead atoms. The SMILES string of the molecule is O=C(COC(=O)c1cc2c(s1)-c1ccccc1OC2)Nc1ccc(F)cc1Cl. The van der Waals surface area contributed by atoms with Crippen molar-refractivity contribution >= 4 is 40.5 Å². The lowest BCUT2D eigenvalue weighted by Crippen LogP contribution is -2.20. The molecule has 0 unspecified atom stereocenters. The number of thiophene rings is 1. The standard InChI is InChI=1S/C20H13ClFNO4S/c21-14-8-12(22)5-6-15(14)23-18(24)10-27-20(25)17-7-11-9-26-16-4-2-1-3-13(16)19(11)28-17/h1-8H,9-10H2,(H,23,24). The summed E-state index contributed by atoms with van der Waals surface area (Å²) in [5.41, 5.74) is 2.07. The lowest BCUT2D eigenvalue weighted by atomic mass is 10.1. The van der Waals surface area contributed by atoms with E-state index >= 15 is 0 Å². The van der Waals surface area contributed by atoms with Crippen LogP contribution < -0.4 is 10.1 Å². The zero-order valence-electron chi connectivity index (χ0n) is 14.3. The third-order valence-corrected chi connectivity index (χ3v) is 5.57. The van der Waals surface area contributed by atoms with E-state index in [1.165, 1.54) is 23.5 Å². The first-order valence-corrected chi connectivity index (χ1v) is 9.47. The summed E-state index contributed by atoms with van der Waals surface area (Å²) in [7, 11) is 0. The second-order valence-corrected chi connectivity index (χ2v) is 7.46. The van der Waals surface area contributed by atoms with Gasteiger partial charge in [0.25, 0.3) is 5.91 Å². The quantitative estimate of drug-likeness (QED) is 0.613. The molecule has 5 nitrogen and oxygen atoms in total.